The van der Waals surface area contributed by atoms with E-state index in [4.69, 9.17) is 10.5 Å². The van der Waals surface area contributed by atoms with Gasteiger partial charge in [0.05, 0.1) is 6.10 Å². The number of amides is 1. The van der Waals surface area contributed by atoms with Gasteiger partial charge < -0.3 is 15.8 Å². The quantitative estimate of drug-likeness (QED) is 0.768. The average molecular weight is 268 g/mol. The predicted octanol–water partition coefficient (Wildman–Crippen LogP) is 2.11. The highest BCUT2D eigenvalue weighted by Crippen LogP contribution is 2.20. The van der Waals surface area contributed by atoms with Crippen LogP contribution in [0, 0.1) is 0 Å². The molecule has 0 heterocycles. The summed E-state index contributed by atoms with van der Waals surface area (Å²) < 4.78 is 5.70. The molecule has 2 rings (SSSR count). The third-order valence-corrected chi connectivity index (χ3v) is 4.34. The zero-order valence-corrected chi connectivity index (χ0v) is 11.9. The Balaban J connectivity index is 1.63. The summed E-state index contributed by atoms with van der Waals surface area (Å²) in [4.78, 5) is 11.9. The first-order valence-corrected chi connectivity index (χ1v) is 7.90. The van der Waals surface area contributed by atoms with Gasteiger partial charge in [0.2, 0.25) is 5.91 Å². The lowest BCUT2D eigenvalue weighted by molar-refractivity contribution is -0.129. The fourth-order valence-electron chi connectivity index (χ4n) is 3.22. The minimum atomic E-state index is 0.0473. The first kappa shape index (κ1) is 14.8. The second kappa shape index (κ2) is 7.85. The largest absolute Gasteiger partial charge is 0.368 e. The second-order valence-corrected chi connectivity index (χ2v) is 6.12. The van der Waals surface area contributed by atoms with Gasteiger partial charge in [0.15, 0.2) is 0 Å². The minimum Gasteiger partial charge on any atom is -0.368 e. The Labute approximate surface area is 116 Å². The minimum absolute atomic E-state index is 0.0473. The number of carbonyl (C=O) groups excluding carboxylic acids is 1. The van der Waals surface area contributed by atoms with Crippen molar-refractivity contribution >= 4 is 5.91 Å². The molecule has 0 aromatic rings. The summed E-state index contributed by atoms with van der Waals surface area (Å²) in [5.74, 6) is 0.0473. The van der Waals surface area contributed by atoms with Gasteiger partial charge in [0.1, 0.15) is 6.61 Å². The maximum absolute atomic E-state index is 11.9. The van der Waals surface area contributed by atoms with Crippen LogP contribution in [-0.2, 0) is 9.53 Å². The highest BCUT2D eigenvalue weighted by Gasteiger charge is 2.21. The van der Waals surface area contributed by atoms with E-state index < -0.39 is 0 Å². The molecule has 0 aromatic heterocycles. The number of nitrogens with two attached hydrogens (primary N) is 1. The van der Waals surface area contributed by atoms with Crippen LogP contribution < -0.4 is 11.1 Å². The Kier molecular flexibility index (Phi) is 6.11. The maximum atomic E-state index is 11.9. The molecular weight excluding hydrogens is 240 g/mol. The molecule has 4 nitrogen and oxygen atoms in total. The molecule has 110 valence electrons. The van der Waals surface area contributed by atoms with Crippen LogP contribution in [0.5, 0.6) is 0 Å². The second-order valence-electron chi connectivity index (χ2n) is 6.12. The van der Waals surface area contributed by atoms with E-state index in [0.717, 1.165) is 38.5 Å². The summed E-state index contributed by atoms with van der Waals surface area (Å²) in [5, 5.41) is 3.11. The van der Waals surface area contributed by atoms with Crippen LogP contribution in [0.3, 0.4) is 0 Å². The van der Waals surface area contributed by atoms with Crippen molar-refractivity contribution in [3.8, 4) is 0 Å². The number of rotatable bonds is 4. The molecule has 2 unspecified atom stereocenters. The van der Waals surface area contributed by atoms with Gasteiger partial charge in [-0.05, 0) is 38.5 Å². The van der Waals surface area contributed by atoms with Crippen molar-refractivity contribution in [1.29, 1.82) is 0 Å². The fraction of sp³-hybridized carbons (Fsp3) is 0.933. The van der Waals surface area contributed by atoms with Gasteiger partial charge in [-0.25, -0.2) is 0 Å². The molecule has 2 aliphatic rings. The Morgan fingerprint density at radius 1 is 1.05 bits per heavy atom. The number of hydrogen-bond donors (Lipinski definition) is 2. The maximum Gasteiger partial charge on any atom is 0.246 e. The molecule has 2 atom stereocenters. The molecule has 2 fully saturated rings. The summed E-state index contributed by atoms with van der Waals surface area (Å²) in [6.45, 7) is 0.202. The summed E-state index contributed by atoms with van der Waals surface area (Å²) in [7, 11) is 0. The third kappa shape index (κ3) is 5.49. The van der Waals surface area contributed by atoms with Crippen molar-refractivity contribution in [2.75, 3.05) is 6.61 Å². The molecule has 2 aliphatic carbocycles. The molecule has 0 aliphatic heterocycles. The van der Waals surface area contributed by atoms with E-state index in [9.17, 15) is 4.79 Å². The van der Waals surface area contributed by atoms with Crippen molar-refractivity contribution in [3.05, 3.63) is 0 Å². The van der Waals surface area contributed by atoms with Crippen LogP contribution in [-0.4, -0.2) is 30.7 Å². The summed E-state index contributed by atoms with van der Waals surface area (Å²) in [6.07, 6.45) is 11.7. The van der Waals surface area contributed by atoms with E-state index in [1.165, 1.54) is 25.7 Å². The molecule has 3 N–H and O–H groups in total. The molecule has 19 heavy (non-hydrogen) atoms. The molecule has 1 amide bonds. The fourth-order valence-corrected chi connectivity index (χ4v) is 3.22. The molecule has 0 bridgehead atoms. The van der Waals surface area contributed by atoms with Crippen LogP contribution in [0.25, 0.3) is 0 Å². The van der Waals surface area contributed by atoms with Crippen molar-refractivity contribution < 1.29 is 9.53 Å². The molecule has 0 saturated heterocycles. The first-order valence-electron chi connectivity index (χ1n) is 7.90. The van der Waals surface area contributed by atoms with Gasteiger partial charge in [-0.1, -0.05) is 25.7 Å². The van der Waals surface area contributed by atoms with E-state index in [2.05, 4.69) is 5.32 Å². The average Bonchev–Trinajstić information content (AvgIpc) is 2.65. The smallest absolute Gasteiger partial charge is 0.246 e. The standard InChI is InChI=1S/C15H28N2O2/c16-12-6-5-9-14(10-12)19-11-15(18)17-13-7-3-1-2-4-8-13/h12-14H,1-11,16H2,(H,17,18). The van der Waals surface area contributed by atoms with Gasteiger partial charge in [-0.2, -0.15) is 0 Å². The topological polar surface area (TPSA) is 64.3 Å². The monoisotopic (exact) mass is 268 g/mol. The summed E-state index contributed by atoms with van der Waals surface area (Å²) in [6, 6.07) is 0.621. The van der Waals surface area contributed by atoms with Crippen molar-refractivity contribution in [3.63, 3.8) is 0 Å². The SMILES string of the molecule is NC1CCCC(OCC(=O)NC2CCCCCC2)C1. The van der Waals surface area contributed by atoms with Crippen LogP contribution in [0.4, 0.5) is 0 Å². The van der Waals surface area contributed by atoms with Gasteiger partial charge in [-0.3, -0.25) is 4.79 Å². The lowest BCUT2D eigenvalue weighted by Gasteiger charge is -2.26. The third-order valence-electron chi connectivity index (χ3n) is 4.34. The molecular formula is C15H28N2O2. The van der Waals surface area contributed by atoms with Crippen LogP contribution >= 0.6 is 0 Å². The molecule has 0 spiro atoms. The van der Waals surface area contributed by atoms with Crippen LogP contribution in [0.1, 0.15) is 64.2 Å². The Morgan fingerprint density at radius 2 is 1.79 bits per heavy atom. The normalized spacial score (nSPS) is 29.7. The lowest BCUT2D eigenvalue weighted by atomic mass is 9.94. The van der Waals surface area contributed by atoms with Gasteiger partial charge in [-0.15, -0.1) is 0 Å². The van der Waals surface area contributed by atoms with Crippen LogP contribution in [0.15, 0.2) is 0 Å². The van der Waals surface area contributed by atoms with Crippen molar-refractivity contribution in [1.82, 2.24) is 5.32 Å². The van der Waals surface area contributed by atoms with Crippen molar-refractivity contribution in [2.45, 2.75) is 82.4 Å². The predicted molar refractivity (Wildman–Crippen MR) is 75.8 cm³/mol. The molecule has 4 heteroatoms. The number of nitrogens with one attached hydrogen (secondary N) is 1. The summed E-state index contributed by atoms with van der Waals surface area (Å²) >= 11 is 0. The Bertz CT molecular complexity index is 275. The van der Waals surface area contributed by atoms with E-state index in [1.54, 1.807) is 0 Å². The molecule has 0 aromatic carbocycles. The van der Waals surface area contributed by atoms with E-state index in [0.29, 0.717) is 6.04 Å². The first-order chi connectivity index (χ1) is 9.24. The van der Waals surface area contributed by atoms with E-state index in [-0.39, 0.29) is 24.7 Å². The zero-order valence-electron chi connectivity index (χ0n) is 11.9. The zero-order chi connectivity index (χ0) is 13.5. The lowest BCUT2D eigenvalue weighted by Crippen LogP contribution is -2.39. The highest BCUT2D eigenvalue weighted by atomic mass is 16.5. The van der Waals surface area contributed by atoms with Crippen LogP contribution in [0.2, 0.25) is 0 Å². The number of ether oxygens (including phenoxy) is 1. The van der Waals surface area contributed by atoms with E-state index in [1.807, 2.05) is 0 Å². The highest BCUT2D eigenvalue weighted by molar-refractivity contribution is 5.77. The van der Waals surface area contributed by atoms with Gasteiger partial charge in [0.25, 0.3) is 0 Å². The summed E-state index contributed by atoms with van der Waals surface area (Å²) in [5.41, 5.74) is 5.92. The van der Waals surface area contributed by atoms with Gasteiger partial charge in [0, 0.05) is 12.1 Å². The van der Waals surface area contributed by atoms with Gasteiger partial charge >= 0.3 is 0 Å². The molecule has 0 radical (unpaired) electrons. The van der Waals surface area contributed by atoms with Crippen molar-refractivity contribution in [2.24, 2.45) is 5.73 Å². The Hall–Kier alpha value is -0.610. The number of hydrogen-bond acceptors (Lipinski definition) is 3. The Morgan fingerprint density at radius 3 is 2.47 bits per heavy atom. The number of carbonyl (C=O) groups is 1. The van der Waals surface area contributed by atoms with E-state index >= 15 is 0 Å². The molecule has 2 saturated carbocycles.